The Bertz CT molecular complexity index is 502. The highest BCUT2D eigenvalue weighted by Gasteiger charge is 2.19. The van der Waals surface area contributed by atoms with Crippen molar-refractivity contribution < 1.29 is 13.9 Å². The van der Waals surface area contributed by atoms with Gasteiger partial charge < -0.3 is 19.9 Å². The maximum atomic E-state index is 13.3. The maximum Gasteiger partial charge on any atom is 0.317 e. The fraction of sp³-hybridized carbons (Fsp3) is 0.562. The smallest absolute Gasteiger partial charge is 0.317 e. The van der Waals surface area contributed by atoms with Crippen LogP contribution in [0.15, 0.2) is 18.2 Å². The molecule has 1 aliphatic rings. The average Bonchev–Trinajstić information content (AvgIpc) is 2.56. The fourth-order valence-corrected chi connectivity index (χ4v) is 2.55. The molecule has 1 aromatic rings. The van der Waals surface area contributed by atoms with Crippen molar-refractivity contribution in [3.05, 3.63) is 29.6 Å². The number of methoxy groups -OCH3 is 1. The molecule has 5 nitrogen and oxygen atoms in total. The number of amides is 2. The zero-order valence-corrected chi connectivity index (χ0v) is 13.3. The Morgan fingerprint density at radius 2 is 2.05 bits per heavy atom. The summed E-state index contributed by atoms with van der Waals surface area (Å²) in [7, 11) is 1.44. The lowest BCUT2D eigenvalue weighted by molar-refractivity contribution is 0.143. The summed E-state index contributed by atoms with van der Waals surface area (Å²) in [6.45, 7) is 7.09. The summed E-state index contributed by atoms with van der Waals surface area (Å²) in [5.41, 5.74) is 0.939. The summed E-state index contributed by atoms with van der Waals surface area (Å²) in [4.78, 5) is 16.2. The lowest BCUT2D eigenvalue weighted by atomic mass is 10.1. The number of hydrogen-bond acceptors (Lipinski definition) is 3. The molecule has 0 aromatic heterocycles. The lowest BCUT2D eigenvalue weighted by Crippen LogP contribution is -2.51. The molecule has 1 N–H and O–H groups in total. The molecule has 0 saturated carbocycles. The molecular formula is C16H24FN3O2. The van der Waals surface area contributed by atoms with Crippen molar-refractivity contribution in [3.8, 4) is 5.75 Å². The van der Waals surface area contributed by atoms with Crippen molar-refractivity contribution in [1.82, 2.24) is 15.1 Å². The zero-order chi connectivity index (χ0) is 15.9. The van der Waals surface area contributed by atoms with Crippen LogP contribution in [0.4, 0.5) is 9.18 Å². The molecular weight excluding hydrogens is 285 g/mol. The third-order valence-corrected chi connectivity index (χ3v) is 4.01. The Morgan fingerprint density at radius 1 is 1.32 bits per heavy atom. The average molecular weight is 309 g/mol. The summed E-state index contributed by atoms with van der Waals surface area (Å²) in [6, 6.07) is 4.75. The van der Waals surface area contributed by atoms with Crippen LogP contribution in [0, 0.1) is 5.82 Å². The van der Waals surface area contributed by atoms with Crippen molar-refractivity contribution in [3.63, 3.8) is 0 Å². The standard InChI is InChI=1S/C16H24FN3O2/c1-3-19-8-10-20(11-9-19)16(21)18-7-6-13-4-5-14(17)15(12-13)22-2/h4-5,12H,3,6-11H2,1-2H3,(H,18,21). The van der Waals surface area contributed by atoms with Gasteiger partial charge in [-0.1, -0.05) is 13.0 Å². The van der Waals surface area contributed by atoms with Gasteiger partial charge in [-0.05, 0) is 30.7 Å². The molecule has 0 unspecified atom stereocenters. The number of halogens is 1. The van der Waals surface area contributed by atoms with E-state index in [0.717, 1.165) is 38.3 Å². The van der Waals surface area contributed by atoms with Crippen molar-refractivity contribution in [1.29, 1.82) is 0 Å². The molecule has 0 atom stereocenters. The molecule has 1 saturated heterocycles. The van der Waals surface area contributed by atoms with Crippen LogP contribution >= 0.6 is 0 Å². The van der Waals surface area contributed by atoms with Gasteiger partial charge >= 0.3 is 6.03 Å². The van der Waals surface area contributed by atoms with E-state index in [4.69, 9.17) is 4.74 Å². The van der Waals surface area contributed by atoms with Crippen LogP contribution in [0.2, 0.25) is 0 Å². The van der Waals surface area contributed by atoms with Crippen molar-refractivity contribution in [2.45, 2.75) is 13.3 Å². The Balaban J connectivity index is 1.75. The van der Waals surface area contributed by atoms with Crippen LogP contribution in [-0.4, -0.2) is 62.2 Å². The highest BCUT2D eigenvalue weighted by Crippen LogP contribution is 2.18. The Labute approximate surface area is 131 Å². The quantitative estimate of drug-likeness (QED) is 0.901. The first-order valence-corrected chi connectivity index (χ1v) is 7.71. The molecule has 2 amide bonds. The van der Waals surface area contributed by atoms with E-state index in [1.54, 1.807) is 12.1 Å². The SMILES string of the molecule is CCN1CCN(C(=O)NCCc2ccc(F)c(OC)c2)CC1. The highest BCUT2D eigenvalue weighted by atomic mass is 19.1. The fourth-order valence-electron chi connectivity index (χ4n) is 2.55. The molecule has 1 fully saturated rings. The van der Waals surface area contributed by atoms with E-state index < -0.39 is 0 Å². The molecule has 0 bridgehead atoms. The van der Waals surface area contributed by atoms with Gasteiger partial charge in [0, 0.05) is 32.7 Å². The van der Waals surface area contributed by atoms with E-state index in [0.29, 0.717) is 13.0 Å². The topological polar surface area (TPSA) is 44.8 Å². The van der Waals surface area contributed by atoms with Crippen LogP contribution < -0.4 is 10.1 Å². The van der Waals surface area contributed by atoms with Crippen LogP contribution in [0.3, 0.4) is 0 Å². The Morgan fingerprint density at radius 3 is 2.68 bits per heavy atom. The predicted octanol–water partition coefficient (Wildman–Crippen LogP) is 1.72. The number of benzene rings is 1. The minimum atomic E-state index is -0.371. The normalized spacial score (nSPS) is 15.7. The number of carbonyl (C=O) groups is 1. The van der Waals surface area contributed by atoms with E-state index >= 15 is 0 Å². The van der Waals surface area contributed by atoms with Crippen LogP contribution in [-0.2, 0) is 6.42 Å². The number of carbonyl (C=O) groups excluding carboxylic acids is 1. The van der Waals surface area contributed by atoms with Gasteiger partial charge in [-0.2, -0.15) is 0 Å². The lowest BCUT2D eigenvalue weighted by Gasteiger charge is -2.34. The molecule has 0 spiro atoms. The summed E-state index contributed by atoms with van der Waals surface area (Å²) in [6.07, 6.45) is 0.650. The molecule has 1 aliphatic heterocycles. The molecule has 2 rings (SSSR count). The number of nitrogens with zero attached hydrogens (tertiary/aromatic N) is 2. The number of piperazine rings is 1. The number of nitrogens with one attached hydrogen (secondary N) is 1. The zero-order valence-electron chi connectivity index (χ0n) is 13.3. The van der Waals surface area contributed by atoms with Crippen LogP contribution in [0.5, 0.6) is 5.75 Å². The monoisotopic (exact) mass is 309 g/mol. The van der Waals surface area contributed by atoms with E-state index in [-0.39, 0.29) is 17.6 Å². The van der Waals surface area contributed by atoms with E-state index in [1.807, 2.05) is 4.90 Å². The van der Waals surface area contributed by atoms with Crippen molar-refractivity contribution in [2.75, 3.05) is 46.4 Å². The minimum Gasteiger partial charge on any atom is -0.494 e. The Hall–Kier alpha value is -1.82. The second kappa shape index (κ2) is 7.98. The minimum absolute atomic E-state index is 0.0233. The summed E-state index contributed by atoms with van der Waals surface area (Å²) >= 11 is 0. The van der Waals surface area contributed by atoms with E-state index in [2.05, 4.69) is 17.1 Å². The molecule has 22 heavy (non-hydrogen) atoms. The molecule has 0 aliphatic carbocycles. The van der Waals surface area contributed by atoms with Crippen molar-refractivity contribution >= 4 is 6.03 Å². The molecule has 122 valence electrons. The Kier molecular flexibility index (Phi) is 6.00. The van der Waals surface area contributed by atoms with Crippen molar-refractivity contribution in [2.24, 2.45) is 0 Å². The molecule has 0 radical (unpaired) electrons. The first kappa shape index (κ1) is 16.5. The van der Waals surface area contributed by atoms with E-state index in [1.165, 1.54) is 13.2 Å². The van der Waals surface area contributed by atoms with Gasteiger partial charge in [0.25, 0.3) is 0 Å². The highest BCUT2D eigenvalue weighted by molar-refractivity contribution is 5.74. The first-order valence-electron chi connectivity index (χ1n) is 7.71. The van der Waals surface area contributed by atoms with Gasteiger partial charge in [-0.3, -0.25) is 0 Å². The number of ether oxygens (including phenoxy) is 1. The number of urea groups is 1. The van der Waals surface area contributed by atoms with E-state index in [9.17, 15) is 9.18 Å². The van der Waals surface area contributed by atoms with Crippen LogP contribution in [0.25, 0.3) is 0 Å². The number of likely N-dealkylation sites (N-methyl/N-ethyl adjacent to an activating group) is 1. The first-order chi connectivity index (χ1) is 10.6. The second-order valence-electron chi connectivity index (χ2n) is 5.37. The predicted molar refractivity (Wildman–Crippen MR) is 83.7 cm³/mol. The van der Waals surface area contributed by atoms with Gasteiger partial charge in [-0.25, -0.2) is 9.18 Å². The summed E-state index contributed by atoms with van der Waals surface area (Å²) in [5, 5.41) is 2.92. The molecule has 1 heterocycles. The largest absolute Gasteiger partial charge is 0.494 e. The molecule has 6 heteroatoms. The van der Waals surface area contributed by atoms with Gasteiger partial charge in [0.15, 0.2) is 11.6 Å². The maximum absolute atomic E-state index is 13.3. The summed E-state index contributed by atoms with van der Waals surface area (Å²) in [5.74, 6) is -0.136. The third kappa shape index (κ3) is 4.34. The second-order valence-corrected chi connectivity index (χ2v) is 5.37. The third-order valence-electron chi connectivity index (χ3n) is 4.01. The van der Waals surface area contributed by atoms with Gasteiger partial charge in [0.1, 0.15) is 0 Å². The number of rotatable bonds is 5. The molecule has 1 aromatic carbocycles. The van der Waals surface area contributed by atoms with Gasteiger partial charge in [-0.15, -0.1) is 0 Å². The number of hydrogen-bond donors (Lipinski definition) is 1. The summed E-state index contributed by atoms with van der Waals surface area (Å²) < 4.78 is 18.3. The van der Waals surface area contributed by atoms with Gasteiger partial charge in [0.2, 0.25) is 0 Å². The van der Waals surface area contributed by atoms with Crippen LogP contribution in [0.1, 0.15) is 12.5 Å². The van der Waals surface area contributed by atoms with Gasteiger partial charge in [0.05, 0.1) is 7.11 Å².